The molecule has 1 aliphatic rings. The van der Waals surface area contributed by atoms with E-state index in [1.54, 1.807) is 48.5 Å². The number of anilines is 1. The monoisotopic (exact) mass is 461 g/mol. The second-order valence-corrected chi connectivity index (χ2v) is 8.14. The minimum atomic E-state index is -1.35. The van der Waals surface area contributed by atoms with Gasteiger partial charge in [-0.25, -0.2) is 4.90 Å². The van der Waals surface area contributed by atoms with Crippen LogP contribution in [0.4, 0.5) is 5.69 Å². The normalized spacial score (nSPS) is 15.8. The van der Waals surface area contributed by atoms with E-state index in [0.717, 1.165) is 10.5 Å². The number of ether oxygens (including phenoxy) is 1. The Morgan fingerprint density at radius 1 is 0.970 bits per heavy atom. The van der Waals surface area contributed by atoms with E-state index >= 15 is 0 Å². The molecule has 1 unspecified atom stereocenters. The molecule has 4 rings (SSSR count). The average molecular weight is 462 g/mol. The van der Waals surface area contributed by atoms with Gasteiger partial charge in [0.2, 0.25) is 5.91 Å². The van der Waals surface area contributed by atoms with Crippen LogP contribution in [-0.2, 0) is 4.79 Å². The lowest BCUT2D eigenvalue weighted by atomic mass is 9.89. The fourth-order valence-electron chi connectivity index (χ4n) is 3.79. The standard InChI is InChI=1S/C26H20ClNO5/c1-15-7-8-16(13-22(15)27)23(29)14-21-24(30)19-5-3-4-6-20(19)25(31)28(26(21)32)17-9-11-18(33-2)12-10-17/h3-13,21H,14H2,1-2H3. The van der Waals surface area contributed by atoms with Gasteiger partial charge in [-0.2, -0.15) is 0 Å². The number of carbonyl (C=O) groups is 4. The second-order valence-electron chi connectivity index (χ2n) is 7.73. The Labute approximate surface area is 195 Å². The number of ketones is 2. The van der Waals surface area contributed by atoms with Gasteiger partial charge in [0.25, 0.3) is 5.91 Å². The molecule has 7 heteroatoms. The van der Waals surface area contributed by atoms with Crippen molar-refractivity contribution in [2.24, 2.45) is 5.92 Å². The van der Waals surface area contributed by atoms with Crippen LogP contribution in [0.1, 0.15) is 43.1 Å². The van der Waals surface area contributed by atoms with Gasteiger partial charge in [-0.1, -0.05) is 41.9 Å². The van der Waals surface area contributed by atoms with E-state index in [1.807, 2.05) is 6.92 Å². The summed E-state index contributed by atoms with van der Waals surface area (Å²) in [4.78, 5) is 54.2. The van der Waals surface area contributed by atoms with Gasteiger partial charge < -0.3 is 4.74 Å². The summed E-state index contributed by atoms with van der Waals surface area (Å²) in [5.41, 5.74) is 1.61. The van der Waals surface area contributed by atoms with Crippen LogP contribution in [0.3, 0.4) is 0 Å². The summed E-state index contributed by atoms with van der Waals surface area (Å²) in [5, 5.41) is 0.416. The van der Waals surface area contributed by atoms with Gasteiger partial charge in [-0.15, -0.1) is 0 Å². The summed E-state index contributed by atoms with van der Waals surface area (Å²) in [7, 11) is 1.51. The molecule has 1 aliphatic heterocycles. The van der Waals surface area contributed by atoms with E-state index in [2.05, 4.69) is 0 Å². The molecular weight excluding hydrogens is 442 g/mol. The molecule has 33 heavy (non-hydrogen) atoms. The maximum atomic E-state index is 13.6. The van der Waals surface area contributed by atoms with Gasteiger partial charge in [0, 0.05) is 22.6 Å². The SMILES string of the molecule is COc1ccc(N2C(=O)c3ccccc3C(=O)C(CC(=O)c3ccc(C)c(Cl)c3)C2=O)cc1. The Kier molecular flexibility index (Phi) is 6.11. The van der Waals surface area contributed by atoms with Gasteiger partial charge >= 0.3 is 0 Å². The number of benzene rings is 3. The number of rotatable bonds is 5. The molecule has 6 nitrogen and oxygen atoms in total. The first-order valence-electron chi connectivity index (χ1n) is 10.3. The number of methoxy groups -OCH3 is 1. The summed E-state index contributed by atoms with van der Waals surface area (Å²) in [6.07, 6.45) is -0.384. The highest BCUT2D eigenvalue weighted by Gasteiger charge is 2.42. The quantitative estimate of drug-likeness (QED) is 0.306. The molecule has 166 valence electrons. The minimum Gasteiger partial charge on any atom is -0.497 e. The predicted molar refractivity (Wildman–Crippen MR) is 124 cm³/mol. The Hall–Kier alpha value is -3.77. The average Bonchev–Trinajstić information content (AvgIpc) is 2.90. The summed E-state index contributed by atoms with van der Waals surface area (Å²) in [5.74, 6) is -3.16. The number of Topliss-reactive ketones (excluding diaryl/α,β-unsaturated/α-hetero) is 2. The van der Waals surface area contributed by atoms with Crippen molar-refractivity contribution >= 4 is 40.7 Å². The molecule has 3 aromatic carbocycles. The number of aryl methyl sites for hydroxylation is 1. The summed E-state index contributed by atoms with van der Waals surface area (Å²) in [6.45, 7) is 1.81. The topological polar surface area (TPSA) is 80.8 Å². The largest absolute Gasteiger partial charge is 0.497 e. The molecule has 1 heterocycles. The van der Waals surface area contributed by atoms with Gasteiger partial charge in [-0.05, 0) is 48.9 Å². The Morgan fingerprint density at radius 2 is 1.64 bits per heavy atom. The zero-order valence-corrected chi connectivity index (χ0v) is 18.8. The fourth-order valence-corrected chi connectivity index (χ4v) is 3.97. The number of fused-ring (bicyclic) bond motifs is 1. The second kappa shape index (κ2) is 9.00. The number of hydrogen-bond acceptors (Lipinski definition) is 5. The van der Waals surface area contributed by atoms with Gasteiger partial charge in [0.1, 0.15) is 11.7 Å². The van der Waals surface area contributed by atoms with Gasteiger partial charge in [-0.3, -0.25) is 19.2 Å². The van der Waals surface area contributed by atoms with Gasteiger partial charge in [0.15, 0.2) is 11.6 Å². The van der Waals surface area contributed by atoms with E-state index in [0.29, 0.717) is 16.3 Å². The number of amides is 2. The maximum Gasteiger partial charge on any atom is 0.265 e. The molecule has 2 amide bonds. The zero-order chi connectivity index (χ0) is 23.7. The summed E-state index contributed by atoms with van der Waals surface area (Å²) in [6, 6.07) is 17.4. The number of imide groups is 1. The highest BCUT2D eigenvalue weighted by Crippen LogP contribution is 2.31. The van der Waals surface area contributed by atoms with Crippen molar-refractivity contribution in [1.82, 2.24) is 0 Å². The van der Waals surface area contributed by atoms with Crippen LogP contribution >= 0.6 is 11.6 Å². The van der Waals surface area contributed by atoms with Crippen LogP contribution in [0.5, 0.6) is 5.75 Å². The lowest BCUT2D eigenvalue weighted by Crippen LogP contribution is -2.41. The molecule has 0 saturated heterocycles. The molecule has 3 aromatic rings. The van der Waals surface area contributed by atoms with E-state index in [9.17, 15) is 19.2 Å². The minimum absolute atomic E-state index is 0.111. The smallest absolute Gasteiger partial charge is 0.265 e. The molecule has 0 saturated carbocycles. The van der Waals surface area contributed by atoms with Crippen molar-refractivity contribution in [3.05, 3.63) is 94.0 Å². The molecule has 0 fully saturated rings. The Morgan fingerprint density at radius 3 is 2.27 bits per heavy atom. The zero-order valence-electron chi connectivity index (χ0n) is 18.0. The van der Waals surface area contributed by atoms with Crippen molar-refractivity contribution in [3.63, 3.8) is 0 Å². The number of nitrogens with zero attached hydrogens (tertiary/aromatic N) is 1. The molecule has 0 bridgehead atoms. The van der Waals surface area contributed by atoms with Crippen molar-refractivity contribution < 1.29 is 23.9 Å². The van der Waals surface area contributed by atoms with Crippen molar-refractivity contribution in [1.29, 1.82) is 0 Å². The van der Waals surface area contributed by atoms with E-state index in [-0.39, 0.29) is 23.2 Å². The van der Waals surface area contributed by atoms with Crippen LogP contribution in [-0.4, -0.2) is 30.5 Å². The van der Waals surface area contributed by atoms with Crippen LogP contribution in [0.25, 0.3) is 0 Å². The van der Waals surface area contributed by atoms with Crippen LogP contribution < -0.4 is 9.64 Å². The molecule has 0 N–H and O–H groups in total. The summed E-state index contributed by atoms with van der Waals surface area (Å²) >= 11 is 6.15. The predicted octanol–water partition coefficient (Wildman–Crippen LogP) is 4.92. The highest BCUT2D eigenvalue weighted by atomic mass is 35.5. The molecule has 0 radical (unpaired) electrons. The third kappa shape index (κ3) is 4.17. The number of carbonyl (C=O) groups excluding carboxylic acids is 4. The third-order valence-electron chi connectivity index (χ3n) is 5.67. The van der Waals surface area contributed by atoms with Crippen LogP contribution in [0.15, 0.2) is 66.7 Å². The van der Waals surface area contributed by atoms with E-state index in [1.165, 1.54) is 25.3 Å². The third-order valence-corrected chi connectivity index (χ3v) is 6.08. The van der Waals surface area contributed by atoms with Crippen molar-refractivity contribution in [2.75, 3.05) is 12.0 Å². The summed E-state index contributed by atoms with van der Waals surface area (Å²) < 4.78 is 5.15. The molecule has 0 aromatic heterocycles. The number of halogens is 1. The van der Waals surface area contributed by atoms with Crippen molar-refractivity contribution in [2.45, 2.75) is 13.3 Å². The molecule has 0 aliphatic carbocycles. The lowest BCUT2D eigenvalue weighted by molar-refractivity contribution is -0.120. The molecular formula is C26H20ClNO5. The maximum absolute atomic E-state index is 13.6. The van der Waals surface area contributed by atoms with E-state index in [4.69, 9.17) is 16.3 Å². The first-order valence-corrected chi connectivity index (χ1v) is 10.6. The first kappa shape index (κ1) is 22.4. The Balaban J connectivity index is 1.77. The van der Waals surface area contributed by atoms with Crippen molar-refractivity contribution in [3.8, 4) is 5.75 Å². The molecule has 0 spiro atoms. The Bertz CT molecular complexity index is 1280. The fraction of sp³-hybridized carbons (Fsp3) is 0.154. The highest BCUT2D eigenvalue weighted by molar-refractivity contribution is 6.33. The van der Waals surface area contributed by atoms with Gasteiger partial charge in [0.05, 0.1) is 18.4 Å². The first-order chi connectivity index (χ1) is 15.8. The number of hydrogen-bond donors (Lipinski definition) is 0. The lowest BCUT2D eigenvalue weighted by Gasteiger charge is -2.22. The molecule has 1 atom stereocenters. The van der Waals surface area contributed by atoms with Crippen LogP contribution in [0, 0.1) is 12.8 Å². The van der Waals surface area contributed by atoms with Crippen LogP contribution in [0.2, 0.25) is 5.02 Å². The van der Waals surface area contributed by atoms with E-state index < -0.39 is 29.3 Å².